The van der Waals surface area contributed by atoms with Crippen molar-refractivity contribution in [2.45, 2.75) is 52.2 Å². The van der Waals surface area contributed by atoms with Gasteiger partial charge in [0.1, 0.15) is 17.5 Å². The molecule has 1 aliphatic heterocycles. The summed E-state index contributed by atoms with van der Waals surface area (Å²) in [6.07, 6.45) is 1.32. The van der Waals surface area contributed by atoms with Crippen LogP contribution in [0.25, 0.3) is 0 Å². The van der Waals surface area contributed by atoms with E-state index in [9.17, 15) is 9.59 Å². The minimum Gasteiger partial charge on any atom is -0.458 e. The topological polar surface area (TPSA) is 77.0 Å². The zero-order chi connectivity index (χ0) is 13.5. The summed E-state index contributed by atoms with van der Waals surface area (Å²) in [4.78, 5) is 23.8. The molecule has 2 rings (SSSR count). The maximum absolute atomic E-state index is 12.1. The Hall–Kier alpha value is -1.59. The lowest BCUT2D eigenvalue weighted by Gasteiger charge is -2.29. The van der Waals surface area contributed by atoms with Gasteiger partial charge in [0.25, 0.3) is 0 Å². The van der Waals surface area contributed by atoms with E-state index in [2.05, 4.69) is 10.2 Å². The Morgan fingerprint density at radius 2 is 2.17 bits per heavy atom. The normalized spacial score (nSPS) is 23.6. The Balaban J connectivity index is 2.31. The third-order valence-corrected chi connectivity index (χ3v) is 2.92. The van der Waals surface area contributed by atoms with Crippen LogP contribution in [0.1, 0.15) is 46.0 Å². The number of aromatic nitrogens is 3. The average molecular weight is 253 g/mol. The molecular formula is C12H19N3O3. The van der Waals surface area contributed by atoms with Crippen molar-refractivity contribution in [3.63, 3.8) is 0 Å². The standard InChI is InChI=1S/C12H19N3O3/c1-7-5-8(10(16)18-12(2,3)4)15-9(6-7)13-14-11(15)17/h7-8H,5-6H2,1-4H3,(H,14,17)/t7-,8-/m1/s1. The summed E-state index contributed by atoms with van der Waals surface area (Å²) in [6, 6.07) is -0.561. The van der Waals surface area contributed by atoms with Crippen molar-refractivity contribution in [1.29, 1.82) is 0 Å². The molecule has 100 valence electrons. The van der Waals surface area contributed by atoms with Crippen LogP contribution >= 0.6 is 0 Å². The van der Waals surface area contributed by atoms with Crippen molar-refractivity contribution in [1.82, 2.24) is 14.8 Å². The minimum atomic E-state index is -0.561. The van der Waals surface area contributed by atoms with Crippen molar-refractivity contribution in [3.05, 3.63) is 16.3 Å². The van der Waals surface area contributed by atoms with Crippen LogP contribution < -0.4 is 5.69 Å². The molecule has 1 aromatic rings. The van der Waals surface area contributed by atoms with E-state index in [1.54, 1.807) is 0 Å². The van der Waals surface area contributed by atoms with Gasteiger partial charge >= 0.3 is 11.7 Å². The molecule has 6 heteroatoms. The molecule has 0 fully saturated rings. The quantitative estimate of drug-likeness (QED) is 0.758. The fourth-order valence-electron chi connectivity index (χ4n) is 2.26. The summed E-state index contributed by atoms with van der Waals surface area (Å²) in [7, 11) is 0. The molecule has 0 aromatic carbocycles. The molecular weight excluding hydrogens is 234 g/mol. The summed E-state index contributed by atoms with van der Waals surface area (Å²) in [5.74, 6) is 0.582. The summed E-state index contributed by atoms with van der Waals surface area (Å²) in [5, 5.41) is 6.35. The van der Waals surface area contributed by atoms with Crippen LogP contribution in [0.3, 0.4) is 0 Å². The molecule has 0 spiro atoms. The lowest BCUT2D eigenvalue weighted by Crippen LogP contribution is -2.38. The van der Waals surface area contributed by atoms with Crippen LogP contribution in [0.2, 0.25) is 0 Å². The molecule has 0 aliphatic carbocycles. The number of hydrogen-bond donors (Lipinski definition) is 1. The van der Waals surface area contributed by atoms with Crippen LogP contribution in [-0.2, 0) is 16.0 Å². The lowest BCUT2D eigenvalue weighted by molar-refractivity contribution is -0.160. The molecule has 6 nitrogen and oxygen atoms in total. The van der Waals surface area contributed by atoms with Crippen LogP contribution in [0, 0.1) is 5.92 Å². The van der Waals surface area contributed by atoms with Crippen LogP contribution in [-0.4, -0.2) is 26.3 Å². The minimum absolute atomic E-state index is 0.310. The zero-order valence-corrected chi connectivity index (χ0v) is 11.2. The number of rotatable bonds is 1. The second kappa shape index (κ2) is 4.26. The summed E-state index contributed by atoms with van der Waals surface area (Å²) in [5.41, 5.74) is -0.890. The largest absolute Gasteiger partial charge is 0.458 e. The van der Waals surface area contributed by atoms with Crippen molar-refractivity contribution in [2.24, 2.45) is 5.92 Å². The molecule has 0 unspecified atom stereocenters. The smallest absolute Gasteiger partial charge is 0.344 e. The van der Waals surface area contributed by atoms with E-state index >= 15 is 0 Å². The number of fused-ring (bicyclic) bond motifs is 1. The molecule has 0 amide bonds. The predicted octanol–water partition coefficient (Wildman–Crippen LogP) is 1.04. The van der Waals surface area contributed by atoms with E-state index in [0.717, 1.165) is 0 Å². The molecule has 2 heterocycles. The van der Waals surface area contributed by atoms with E-state index in [0.29, 0.717) is 24.6 Å². The average Bonchev–Trinajstić information content (AvgIpc) is 2.56. The van der Waals surface area contributed by atoms with Gasteiger partial charge in [-0.3, -0.25) is 4.57 Å². The van der Waals surface area contributed by atoms with Gasteiger partial charge in [0.05, 0.1) is 0 Å². The number of H-pyrrole nitrogens is 1. The highest BCUT2D eigenvalue weighted by Gasteiger charge is 2.35. The molecule has 1 aliphatic rings. The van der Waals surface area contributed by atoms with E-state index in [-0.39, 0.29) is 11.7 Å². The first-order valence-electron chi connectivity index (χ1n) is 6.16. The lowest BCUT2D eigenvalue weighted by atomic mass is 9.94. The Kier molecular flexibility index (Phi) is 3.04. The molecule has 1 aromatic heterocycles. The second-order valence-electron chi connectivity index (χ2n) is 5.91. The van der Waals surface area contributed by atoms with E-state index in [1.807, 2.05) is 27.7 Å². The number of esters is 1. The zero-order valence-electron chi connectivity index (χ0n) is 11.2. The fourth-order valence-corrected chi connectivity index (χ4v) is 2.26. The molecule has 2 atom stereocenters. The Morgan fingerprint density at radius 1 is 1.50 bits per heavy atom. The Morgan fingerprint density at radius 3 is 2.78 bits per heavy atom. The van der Waals surface area contributed by atoms with Crippen molar-refractivity contribution >= 4 is 5.97 Å². The van der Waals surface area contributed by atoms with Gasteiger partial charge in [-0.25, -0.2) is 14.7 Å². The maximum Gasteiger partial charge on any atom is 0.344 e. The third kappa shape index (κ3) is 2.47. The first-order chi connectivity index (χ1) is 8.28. The first kappa shape index (κ1) is 12.9. The molecule has 18 heavy (non-hydrogen) atoms. The van der Waals surface area contributed by atoms with Crippen LogP contribution in [0.15, 0.2) is 4.79 Å². The highest BCUT2D eigenvalue weighted by molar-refractivity contribution is 5.75. The number of nitrogens with zero attached hydrogens (tertiary/aromatic N) is 2. The fraction of sp³-hybridized carbons (Fsp3) is 0.750. The van der Waals surface area contributed by atoms with E-state index in [1.165, 1.54) is 4.57 Å². The Bertz CT molecular complexity index is 509. The number of aromatic amines is 1. The van der Waals surface area contributed by atoms with Crippen LogP contribution in [0.5, 0.6) is 0 Å². The van der Waals surface area contributed by atoms with E-state index in [4.69, 9.17) is 4.74 Å². The van der Waals surface area contributed by atoms with E-state index < -0.39 is 11.6 Å². The van der Waals surface area contributed by atoms with Gasteiger partial charge in [-0.2, -0.15) is 5.10 Å². The summed E-state index contributed by atoms with van der Waals surface area (Å²) < 4.78 is 6.79. The molecule has 0 bridgehead atoms. The molecule has 0 saturated heterocycles. The van der Waals surface area contributed by atoms with Crippen LogP contribution in [0.4, 0.5) is 0 Å². The molecule has 0 radical (unpaired) electrons. The maximum atomic E-state index is 12.1. The van der Waals surface area contributed by atoms with Gasteiger partial charge in [-0.15, -0.1) is 0 Å². The van der Waals surface area contributed by atoms with Gasteiger partial charge in [0, 0.05) is 6.42 Å². The number of nitrogens with one attached hydrogen (secondary N) is 1. The van der Waals surface area contributed by atoms with Gasteiger partial charge in [0.15, 0.2) is 0 Å². The predicted molar refractivity (Wildman–Crippen MR) is 65.2 cm³/mol. The van der Waals surface area contributed by atoms with Gasteiger partial charge in [0.2, 0.25) is 0 Å². The first-order valence-corrected chi connectivity index (χ1v) is 6.16. The number of carbonyl (C=O) groups is 1. The van der Waals surface area contributed by atoms with Gasteiger partial charge in [-0.05, 0) is 33.1 Å². The third-order valence-electron chi connectivity index (χ3n) is 2.92. The summed E-state index contributed by atoms with van der Waals surface area (Å²) >= 11 is 0. The van der Waals surface area contributed by atoms with Gasteiger partial charge < -0.3 is 4.74 Å². The second-order valence-corrected chi connectivity index (χ2v) is 5.91. The van der Waals surface area contributed by atoms with Gasteiger partial charge in [-0.1, -0.05) is 6.92 Å². The van der Waals surface area contributed by atoms with Crippen molar-refractivity contribution < 1.29 is 9.53 Å². The van der Waals surface area contributed by atoms with Crippen molar-refractivity contribution in [2.75, 3.05) is 0 Å². The molecule has 1 N–H and O–H groups in total. The highest BCUT2D eigenvalue weighted by atomic mass is 16.6. The monoisotopic (exact) mass is 253 g/mol. The van der Waals surface area contributed by atoms with Crippen molar-refractivity contribution in [3.8, 4) is 0 Å². The number of hydrogen-bond acceptors (Lipinski definition) is 4. The number of carbonyl (C=O) groups excluding carboxylic acids is 1. The highest BCUT2D eigenvalue weighted by Crippen LogP contribution is 2.28. The molecule has 0 saturated carbocycles. The SMILES string of the molecule is C[C@H]1Cc2n[nH]c(=O)n2[C@@H](C(=O)OC(C)(C)C)C1. The Labute approximate surface area is 105 Å². The summed E-state index contributed by atoms with van der Waals surface area (Å²) in [6.45, 7) is 7.49. The number of ether oxygens (including phenoxy) is 1.